The molecular formula is C26H44O8. The van der Waals surface area contributed by atoms with Crippen molar-refractivity contribution in [1.82, 2.24) is 0 Å². The Kier molecular flexibility index (Phi) is 6.03. The van der Waals surface area contributed by atoms with E-state index in [4.69, 9.17) is 9.47 Å². The molecule has 196 valence electrons. The molecular weight excluding hydrogens is 440 g/mol. The molecule has 8 heteroatoms. The molecule has 2 bridgehead atoms. The lowest BCUT2D eigenvalue weighted by molar-refractivity contribution is -0.324. The minimum atomic E-state index is -1.47. The van der Waals surface area contributed by atoms with Gasteiger partial charge in [-0.2, -0.15) is 0 Å². The fourth-order valence-electron chi connectivity index (χ4n) is 9.93. The van der Waals surface area contributed by atoms with Gasteiger partial charge < -0.3 is 40.1 Å². The number of hydrogen-bond acceptors (Lipinski definition) is 8. The van der Waals surface area contributed by atoms with Crippen LogP contribution in [0.3, 0.4) is 0 Å². The number of fused-ring (bicyclic) bond motifs is 3. The summed E-state index contributed by atoms with van der Waals surface area (Å²) < 4.78 is 12.0. The molecule has 4 saturated carbocycles. The molecule has 4 aliphatic carbocycles. The molecule has 1 unspecified atom stereocenters. The summed E-state index contributed by atoms with van der Waals surface area (Å²) in [6.45, 7) is 8.11. The lowest BCUT2D eigenvalue weighted by Gasteiger charge is -2.66. The standard InChI is InChI=1S/C26H44O8/c1-23(2)8-14(33-22-20(31)19(30)18(29)16(11-27)34-22)9-24(3)17-6-5-13-7-26(17,12-25(13,4)32)10-15(28)21(23)24/h13-22,27-32H,5-12H2,1-4H3/t13?,14-,15-,16-,17+,18-,19+,20-,21-,22-,24+,25-,26-/m1/s1. The molecule has 13 atom stereocenters. The zero-order chi connectivity index (χ0) is 24.8. The van der Waals surface area contributed by atoms with Gasteiger partial charge in [0.2, 0.25) is 0 Å². The van der Waals surface area contributed by atoms with E-state index in [1.807, 2.05) is 6.92 Å². The highest BCUT2D eigenvalue weighted by molar-refractivity contribution is 5.18. The van der Waals surface area contributed by atoms with Crippen LogP contribution in [0.25, 0.3) is 0 Å². The predicted octanol–water partition coefficient (Wildman–Crippen LogP) is 0.936. The van der Waals surface area contributed by atoms with Crippen LogP contribution in [0.2, 0.25) is 0 Å². The van der Waals surface area contributed by atoms with Gasteiger partial charge in [-0.05, 0) is 85.9 Å². The smallest absolute Gasteiger partial charge is 0.186 e. The SMILES string of the molecule is CC1(C)C[C@@H](O[C@@H]2O[C@H](CO)[C@@H](O)[C@H](O)[C@H]2O)C[C@]2(C)[C@@H]1[C@H](O)C[C@@]13CC(CC[C@H]12)[C@](C)(O)C3. The molecule has 5 fully saturated rings. The van der Waals surface area contributed by atoms with Gasteiger partial charge in [-0.25, -0.2) is 0 Å². The van der Waals surface area contributed by atoms with E-state index in [9.17, 15) is 30.6 Å². The van der Waals surface area contributed by atoms with Crippen LogP contribution in [0.15, 0.2) is 0 Å². The third kappa shape index (κ3) is 3.63. The number of rotatable bonds is 3. The van der Waals surface area contributed by atoms with Crippen LogP contribution >= 0.6 is 0 Å². The van der Waals surface area contributed by atoms with Crippen molar-refractivity contribution in [3.05, 3.63) is 0 Å². The van der Waals surface area contributed by atoms with Crippen molar-refractivity contribution in [2.24, 2.45) is 34.0 Å². The number of aliphatic hydroxyl groups excluding tert-OH is 5. The van der Waals surface area contributed by atoms with Crippen LogP contribution in [0.5, 0.6) is 0 Å². The van der Waals surface area contributed by atoms with Gasteiger partial charge in [-0.1, -0.05) is 20.8 Å². The van der Waals surface area contributed by atoms with Crippen LogP contribution in [-0.4, -0.2) is 85.8 Å². The average Bonchev–Trinajstić information content (AvgIpc) is 2.90. The predicted molar refractivity (Wildman–Crippen MR) is 122 cm³/mol. The first kappa shape index (κ1) is 25.3. The highest BCUT2D eigenvalue weighted by atomic mass is 16.7. The van der Waals surface area contributed by atoms with E-state index in [1.165, 1.54) is 0 Å². The Labute approximate surface area is 202 Å². The van der Waals surface area contributed by atoms with E-state index in [-0.39, 0.29) is 34.2 Å². The summed E-state index contributed by atoms with van der Waals surface area (Å²) in [6, 6.07) is 0. The van der Waals surface area contributed by atoms with Gasteiger partial charge >= 0.3 is 0 Å². The normalized spacial score (nSPS) is 58.8. The summed E-state index contributed by atoms with van der Waals surface area (Å²) in [5, 5.41) is 63.1. The summed E-state index contributed by atoms with van der Waals surface area (Å²) in [4.78, 5) is 0. The first-order chi connectivity index (χ1) is 15.7. The number of aliphatic hydroxyl groups is 6. The molecule has 0 aromatic rings. The molecule has 0 amide bonds. The Morgan fingerprint density at radius 2 is 1.59 bits per heavy atom. The molecule has 5 rings (SSSR count). The van der Waals surface area contributed by atoms with E-state index in [0.29, 0.717) is 18.8 Å². The summed E-state index contributed by atoms with van der Waals surface area (Å²) in [5.41, 5.74) is -1.21. The maximum absolute atomic E-state index is 11.5. The van der Waals surface area contributed by atoms with Gasteiger partial charge in [0.1, 0.15) is 24.4 Å². The van der Waals surface area contributed by atoms with Gasteiger partial charge in [0.05, 0.1) is 24.4 Å². The first-order valence-electron chi connectivity index (χ1n) is 13.1. The van der Waals surface area contributed by atoms with Crippen molar-refractivity contribution in [2.75, 3.05) is 6.61 Å². The Morgan fingerprint density at radius 1 is 0.882 bits per heavy atom. The van der Waals surface area contributed by atoms with E-state index in [1.54, 1.807) is 0 Å². The van der Waals surface area contributed by atoms with Gasteiger partial charge in [0.25, 0.3) is 0 Å². The number of ether oxygens (including phenoxy) is 2. The Bertz CT molecular complexity index is 785. The molecule has 5 aliphatic rings. The molecule has 1 saturated heterocycles. The lowest BCUT2D eigenvalue weighted by atomic mass is 9.40. The van der Waals surface area contributed by atoms with Crippen molar-refractivity contribution in [2.45, 2.75) is 121 Å². The summed E-state index contributed by atoms with van der Waals surface area (Å²) in [5.74, 6) is 0.736. The highest BCUT2D eigenvalue weighted by Gasteiger charge is 2.69. The average molecular weight is 485 g/mol. The van der Waals surface area contributed by atoms with Crippen LogP contribution < -0.4 is 0 Å². The van der Waals surface area contributed by atoms with Gasteiger partial charge in [-0.15, -0.1) is 0 Å². The van der Waals surface area contributed by atoms with Crippen LogP contribution in [-0.2, 0) is 9.47 Å². The minimum absolute atomic E-state index is 0.0712. The quantitative estimate of drug-likeness (QED) is 0.325. The van der Waals surface area contributed by atoms with Gasteiger partial charge in [0, 0.05) is 0 Å². The maximum Gasteiger partial charge on any atom is 0.186 e. The molecule has 0 aromatic heterocycles. The van der Waals surface area contributed by atoms with E-state index in [2.05, 4.69) is 20.8 Å². The van der Waals surface area contributed by atoms with Crippen molar-refractivity contribution in [3.8, 4) is 0 Å². The zero-order valence-electron chi connectivity index (χ0n) is 20.9. The van der Waals surface area contributed by atoms with E-state index in [0.717, 1.165) is 32.1 Å². The maximum atomic E-state index is 11.5. The molecule has 34 heavy (non-hydrogen) atoms. The van der Waals surface area contributed by atoms with E-state index < -0.39 is 49.0 Å². The fraction of sp³-hybridized carbons (Fsp3) is 1.00. The molecule has 6 N–H and O–H groups in total. The van der Waals surface area contributed by atoms with E-state index >= 15 is 0 Å². The Balaban J connectivity index is 1.43. The zero-order valence-corrected chi connectivity index (χ0v) is 20.9. The van der Waals surface area contributed by atoms with Crippen LogP contribution in [0.4, 0.5) is 0 Å². The topological polar surface area (TPSA) is 140 Å². The second kappa shape index (κ2) is 8.09. The molecule has 1 aliphatic heterocycles. The second-order valence-electron chi connectivity index (χ2n) is 13.5. The fourth-order valence-corrected chi connectivity index (χ4v) is 9.93. The Morgan fingerprint density at radius 3 is 2.26 bits per heavy atom. The summed E-state index contributed by atoms with van der Waals surface area (Å²) >= 11 is 0. The summed E-state index contributed by atoms with van der Waals surface area (Å²) in [7, 11) is 0. The van der Waals surface area contributed by atoms with Gasteiger partial charge in [-0.3, -0.25) is 0 Å². The van der Waals surface area contributed by atoms with Crippen molar-refractivity contribution >= 4 is 0 Å². The minimum Gasteiger partial charge on any atom is -0.394 e. The third-order valence-electron chi connectivity index (χ3n) is 10.7. The number of hydrogen-bond donors (Lipinski definition) is 6. The monoisotopic (exact) mass is 484 g/mol. The van der Waals surface area contributed by atoms with Gasteiger partial charge in [0.15, 0.2) is 6.29 Å². The molecule has 0 radical (unpaired) electrons. The third-order valence-corrected chi connectivity index (χ3v) is 10.7. The molecule has 8 nitrogen and oxygen atoms in total. The first-order valence-corrected chi connectivity index (χ1v) is 13.1. The highest BCUT2D eigenvalue weighted by Crippen LogP contribution is 2.73. The van der Waals surface area contributed by atoms with Crippen LogP contribution in [0, 0.1) is 34.0 Å². The van der Waals surface area contributed by atoms with Crippen LogP contribution in [0.1, 0.15) is 72.6 Å². The largest absolute Gasteiger partial charge is 0.394 e. The second-order valence-corrected chi connectivity index (χ2v) is 13.5. The summed E-state index contributed by atoms with van der Waals surface area (Å²) in [6.07, 6.45) is -1.36. The lowest BCUT2D eigenvalue weighted by Crippen LogP contribution is -2.64. The van der Waals surface area contributed by atoms with Crippen molar-refractivity contribution in [3.63, 3.8) is 0 Å². The molecule has 1 spiro atoms. The van der Waals surface area contributed by atoms with Crippen molar-refractivity contribution < 1.29 is 40.1 Å². The Hall–Kier alpha value is -0.320. The molecule has 1 heterocycles. The molecule has 0 aromatic carbocycles. The van der Waals surface area contributed by atoms with Crippen molar-refractivity contribution in [1.29, 1.82) is 0 Å².